The second-order valence-corrected chi connectivity index (χ2v) is 2.71. The molecular weight excluding hydrogens is 158 g/mol. The van der Waals surface area contributed by atoms with Crippen LogP contribution in [0.2, 0.25) is 0 Å². The van der Waals surface area contributed by atoms with E-state index in [4.69, 9.17) is 5.53 Å². The number of thioether (sulfide) groups is 1. The van der Waals surface area contributed by atoms with Gasteiger partial charge in [-0.05, 0) is 17.9 Å². The maximum absolute atomic E-state index is 8.19. The molecule has 0 heterocycles. The second-order valence-electron chi connectivity index (χ2n) is 1.86. The molecule has 1 rings (SSSR count). The second kappa shape index (κ2) is 3.91. The summed E-state index contributed by atoms with van der Waals surface area (Å²) in [7, 11) is 0. The van der Waals surface area contributed by atoms with Crippen LogP contribution in [-0.4, -0.2) is 6.26 Å². The monoisotopic (exact) mass is 165 g/mol. The fraction of sp³-hybridized carbons (Fsp3) is 0.143. The number of azide groups is 1. The summed E-state index contributed by atoms with van der Waals surface area (Å²) in [6, 6.07) is 7.49. The highest BCUT2D eigenvalue weighted by Crippen LogP contribution is 2.26. The lowest BCUT2D eigenvalue weighted by atomic mass is 10.3. The van der Waals surface area contributed by atoms with Crippen molar-refractivity contribution in [2.24, 2.45) is 5.11 Å². The van der Waals surface area contributed by atoms with Crippen LogP contribution in [0.25, 0.3) is 10.4 Å². The van der Waals surface area contributed by atoms with E-state index >= 15 is 0 Å². The molecule has 0 bridgehead atoms. The molecule has 0 aromatic heterocycles. The van der Waals surface area contributed by atoms with Crippen molar-refractivity contribution < 1.29 is 0 Å². The van der Waals surface area contributed by atoms with Gasteiger partial charge in [-0.15, -0.1) is 11.8 Å². The van der Waals surface area contributed by atoms with Crippen molar-refractivity contribution in [3.05, 3.63) is 34.7 Å². The molecule has 0 aliphatic rings. The van der Waals surface area contributed by atoms with Crippen LogP contribution in [-0.2, 0) is 0 Å². The first-order valence-electron chi connectivity index (χ1n) is 3.06. The normalized spacial score (nSPS) is 8.82. The molecule has 0 saturated heterocycles. The van der Waals surface area contributed by atoms with Crippen molar-refractivity contribution in [3.8, 4) is 0 Å². The maximum Gasteiger partial charge on any atom is 0.0511 e. The molecule has 0 atom stereocenters. The summed E-state index contributed by atoms with van der Waals surface area (Å²) in [5.74, 6) is 0. The molecule has 0 aliphatic carbocycles. The number of hydrogen-bond donors (Lipinski definition) is 0. The topological polar surface area (TPSA) is 48.8 Å². The lowest BCUT2D eigenvalue weighted by Gasteiger charge is -1.97. The Morgan fingerprint density at radius 1 is 1.45 bits per heavy atom. The van der Waals surface area contributed by atoms with Gasteiger partial charge in [0.25, 0.3) is 0 Å². The summed E-state index contributed by atoms with van der Waals surface area (Å²) in [5.41, 5.74) is 8.89. The number of hydrogen-bond acceptors (Lipinski definition) is 2. The van der Waals surface area contributed by atoms with Gasteiger partial charge in [-0.25, -0.2) is 0 Å². The molecule has 11 heavy (non-hydrogen) atoms. The summed E-state index contributed by atoms with van der Waals surface area (Å²) < 4.78 is 0. The Balaban J connectivity index is 3.11. The zero-order valence-electron chi connectivity index (χ0n) is 6.06. The van der Waals surface area contributed by atoms with E-state index in [0.717, 1.165) is 4.90 Å². The highest BCUT2D eigenvalue weighted by atomic mass is 32.2. The van der Waals surface area contributed by atoms with E-state index in [9.17, 15) is 0 Å². The van der Waals surface area contributed by atoms with Gasteiger partial charge in [0.15, 0.2) is 0 Å². The third kappa shape index (κ3) is 1.90. The lowest BCUT2D eigenvalue weighted by Crippen LogP contribution is -1.68. The predicted octanol–water partition coefficient (Wildman–Crippen LogP) is 3.35. The summed E-state index contributed by atoms with van der Waals surface area (Å²) in [6.07, 6.45) is 1.95. The van der Waals surface area contributed by atoms with E-state index in [1.54, 1.807) is 17.8 Å². The fourth-order valence-corrected chi connectivity index (χ4v) is 1.29. The average molecular weight is 165 g/mol. The predicted molar refractivity (Wildman–Crippen MR) is 47.0 cm³/mol. The van der Waals surface area contributed by atoms with Crippen molar-refractivity contribution in [1.29, 1.82) is 0 Å². The van der Waals surface area contributed by atoms with Crippen molar-refractivity contribution in [3.63, 3.8) is 0 Å². The Labute approximate surface area is 69.1 Å². The van der Waals surface area contributed by atoms with Crippen molar-refractivity contribution >= 4 is 17.4 Å². The zero-order chi connectivity index (χ0) is 8.10. The van der Waals surface area contributed by atoms with E-state index in [1.165, 1.54) is 0 Å². The maximum atomic E-state index is 8.19. The number of rotatable bonds is 2. The minimum absolute atomic E-state index is 0.697. The summed E-state index contributed by atoms with van der Waals surface area (Å²) in [6.45, 7) is 0. The third-order valence-electron chi connectivity index (χ3n) is 1.24. The van der Waals surface area contributed by atoms with Gasteiger partial charge in [0.2, 0.25) is 0 Å². The zero-order valence-corrected chi connectivity index (χ0v) is 6.88. The average Bonchev–Trinajstić information content (AvgIpc) is 2.06. The van der Waals surface area contributed by atoms with E-state index < -0.39 is 0 Å². The van der Waals surface area contributed by atoms with Gasteiger partial charge < -0.3 is 0 Å². The third-order valence-corrected chi connectivity index (χ3v) is 2.02. The van der Waals surface area contributed by atoms with Gasteiger partial charge in [-0.3, -0.25) is 0 Å². The quantitative estimate of drug-likeness (QED) is 0.287. The van der Waals surface area contributed by atoms with Crippen molar-refractivity contribution in [1.82, 2.24) is 0 Å². The minimum Gasteiger partial charge on any atom is -0.129 e. The van der Waals surface area contributed by atoms with Crippen LogP contribution in [0.5, 0.6) is 0 Å². The molecule has 0 fully saturated rings. The summed E-state index contributed by atoms with van der Waals surface area (Å²) in [5, 5.41) is 3.54. The van der Waals surface area contributed by atoms with Crippen LogP contribution in [0.1, 0.15) is 0 Å². The molecule has 1 aromatic rings. The van der Waals surface area contributed by atoms with Crippen LogP contribution in [0.15, 0.2) is 34.3 Å². The molecule has 0 amide bonds. The highest BCUT2D eigenvalue weighted by molar-refractivity contribution is 7.98. The lowest BCUT2D eigenvalue weighted by molar-refractivity contribution is 1.35. The van der Waals surface area contributed by atoms with Crippen LogP contribution >= 0.6 is 11.8 Å². The molecule has 56 valence electrons. The van der Waals surface area contributed by atoms with Crippen molar-refractivity contribution in [2.75, 3.05) is 6.26 Å². The van der Waals surface area contributed by atoms with Gasteiger partial charge >= 0.3 is 0 Å². The first kappa shape index (κ1) is 7.98. The van der Waals surface area contributed by atoms with Gasteiger partial charge in [-0.2, -0.15) is 0 Å². The van der Waals surface area contributed by atoms with E-state index in [2.05, 4.69) is 10.0 Å². The molecule has 0 saturated carbocycles. The molecule has 3 nitrogen and oxygen atoms in total. The largest absolute Gasteiger partial charge is 0.129 e. The SMILES string of the molecule is CSc1ccccc1N=[N+]=[N-]. The van der Waals surface area contributed by atoms with E-state index in [0.29, 0.717) is 5.69 Å². The van der Waals surface area contributed by atoms with E-state index in [1.807, 2.05) is 24.5 Å². The molecule has 0 aliphatic heterocycles. The van der Waals surface area contributed by atoms with E-state index in [-0.39, 0.29) is 0 Å². The molecular formula is C7H7N3S. The van der Waals surface area contributed by atoms with Gasteiger partial charge in [0, 0.05) is 9.81 Å². The van der Waals surface area contributed by atoms with Gasteiger partial charge in [0.1, 0.15) is 0 Å². The molecule has 4 heteroatoms. The highest BCUT2D eigenvalue weighted by Gasteiger charge is 1.94. The number of nitrogens with zero attached hydrogens (tertiary/aromatic N) is 3. The first-order valence-corrected chi connectivity index (χ1v) is 4.29. The fourth-order valence-electron chi connectivity index (χ4n) is 0.761. The number of benzene rings is 1. The Bertz CT molecular complexity index is 291. The smallest absolute Gasteiger partial charge is 0.0511 e. The summed E-state index contributed by atoms with van der Waals surface area (Å²) >= 11 is 1.57. The Morgan fingerprint density at radius 2 is 2.18 bits per heavy atom. The molecule has 1 aromatic carbocycles. The standard InChI is InChI=1S/C7H7N3S/c1-11-7-5-3-2-4-6(7)9-10-8/h2-5H,1H3. The molecule has 0 N–H and O–H groups in total. The molecule has 0 radical (unpaired) electrons. The first-order chi connectivity index (χ1) is 5.38. The Kier molecular flexibility index (Phi) is 2.83. The van der Waals surface area contributed by atoms with Gasteiger partial charge in [0.05, 0.1) is 5.69 Å². The molecule has 0 unspecified atom stereocenters. The summed E-state index contributed by atoms with van der Waals surface area (Å²) in [4.78, 5) is 3.73. The van der Waals surface area contributed by atoms with Gasteiger partial charge in [-0.1, -0.05) is 23.3 Å². The Hall–Kier alpha value is -1.12. The molecule has 0 spiro atoms. The van der Waals surface area contributed by atoms with Crippen LogP contribution in [0, 0.1) is 0 Å². The van der Waals surface area contributed by atoms with Crippen LogP contribution < -0.4 is 0 Å². The van der Waals surface area contributed by atoms with Crippen LogP contribution in [0.4, 0.5) is 5.69 Å². The minimum atomic E-state index is 0.697. The van der Waals surface area contributed by atoms with Crippen LogP contribution in [0.3, 0.4) is 0 Å². The Morgan fingerprint density at radius 3 is 2.82 bits per heavy atom. The van der Waals surface area contributed by atoms with Crippen molar-refractivity contribution in [2.45, 2.75) is 4.90 Å².